The van der Waals surface area contributed by atoms with Crippen LogP contribution in [0.25, 0.3) is 0 Å². The average Bonchev–Trinajstić information content (AvgIpc) is 2.34. The lowest BCUT2D eigenvalue weighted by Gasteiger charge is -2.27. The molecule has 0 bridgehead atoms. The number of aliphatic carboxylic acids is 1. The molecule has 17 heavy (non-hydrogen) atoms. The fourth-order valence-electron chi connectivity index (χ4n) is 2.24. The lowest BCUT2D eigenvalue weighted by Crippen LogP contribution is -2.40. The van der Waals surface area contributed by atoms with Crippen molar-refractivity contribution in [2.24, 2.45) is 11.8 Å². The molecule has 4 heteroatoms. The Balaban J connectivity index is 2.46. The molecule has 0 spiro atoms. The molecule has 2 N–H and O–H groups in total. The van der Waals surface area contributed by atoms with Crippen LogP contribution in [0, 0.1) is 23.7 Å². The number of carbonyl (C=O) groups is 2. The van der Waals surface area contributed by atoms with E-state index in [1.165, 1.54) is 0 Å². The van der Waals surface area contributed by atoms with E-state index in [9.17, 15) is 9.59 Å². The van der Waals surface area contributed by atoms with Crippen molar-refractivity contribution in [2.45, 2.75) is 39.0 Å². The van der Waals surface area contributed by atoms with Gasteiger partial charge < -0.3 is 10.4 Å². The maximum absolute atomic E-state index is 11.9. The normalized spacial score (nSPS) is 23.4. The second kappa shape index (κ2) is 6.95. The van der Waals surface area contributed by atoms with E-state index < -0.39 is 11.9 Å². The smallest absolute Gasteiger partial charge is 0.307 e. The van der Waals surface area contributed by atoms with Crippen LogP contribution in [0.3, 0.4) is 0 Å². The Labute approximate surface area is 102 Å². The molecule has 0 aliphatic heterocycles. The van der Waals surface area contributed by atoms with E-state index >= 15 is 0 Å². The van der Waals surface area contributed by atoms with E-state index in [0.29, 0.717) is 25.8 Å². The zero-order valence-corrected chi connectivity index (χ0v) is 10.2. The Morgan fingerprint density at radius 2 is 1.94 bits per heavy atom. The van der Waals surface area contributed by atoms with Crippen LogP contribution in [0.5, 0.6) is 0 Å². The van der Waals surface area contributed by atoms with Crippen molar-refractivity contribution >= 4 is 11.9 Å². The van der Waals surface area contributed by atoms with Gasteiger partial charge in [0.15, 0.2) is 0 Å². The summed E-state index contributed by atoms with van der Waals surface area (Å²) < 4.78 is 0. The molecule has 0 aromatic heterocycles. The molecule has 1 rings (SSSR count). The zero-order chi connectivity index (χ0) is 12.7. The van der Waals surface area contributed by atoms with E-state index in [1.807, 2.05) is 0 Å². The summed E-state index contributed by atoms with van der Waals surface area (Å²) in [5, 5.41) is 11.8. The Hall–Kier alpha value is -1.50. The molecule has 1 fully saturated rings. The van der Waals surface area contributed by atoms with Gasteiger partial charge in [0, 0.05) is 13.0 Å². The quantitative estimate of drug-likeness (QED) is 0.574. The number of carbonyl (C=O) groups excluding carboxylic acids is 1. The van der Waals surface area contributed by atoms with Gasteiger partial charge >= 0.3 is 5.97 Å². The molecule has 1 aliphatic rings. The van der Waals surface area contributed by atoms with Crippen molar-refractivity contribution in [3.05, 3.63) is 0 Å². The highest BCUT2D eigenvalue weighted by molar-refractivity contribution is 5.84. The highest BCUT2D eigenvalue weighted by Crippen LogP contribution is 2.30. The molecule has 0 radical (unpaired) electrons. The highest BCUT2D eigenvalue weighted by Gasteiger charge is 2.35. The standard InChI is InChI=1S/C13H19NO3/c1-2-3-6-9-14-12(15)10-7-4-5-8-11(10)13(16)17/h10-11H,4-9H2,1H3,(H,14,15)(H,16,17)/t10-,11+/m1/s1. The van der Waals surface area contributed by atoms with Crippen LogP contribution in [0.1, 0.15) is 39.0 Å². The first kappa shape index (κ1) is 13.6. The van der Waals surface area contributed by atoms with E-state index in [0.717, 1.165) is 12.8 Å². The van der Waals surface area contributed by atoms with Gasteiger partial charge in [-0.3, -0.25) is 9.59 Å². The Morgan fingerprint density at radius 1 is 1.29 bits per heavy atom. The van der Waals surface area contributed by atoms with Gasteiger partial charge in [0.2, 0.25) is 5.91 Å². The van der Waals surface area contributed by atoms with Gasteiger partial charge in [-0.25, -0.2) is 0 Å². The number of hydrogen-bond acceptors (Lipinski definition) is 2. The van der Waals surface area contributed by atoms with Gasteiger partial charge in [-0.2, -0.15) is 0 Å². The molecule has 1 amide bonds. The Bertz CT molecular complexity index is 340. The van der Waals surface area contributed by atoms with Crippen molar-refractivity contribution in [3.8, 4) is 11.8 Å². The summed E-state index contributed by atoms with van der Waals surface area (Å²) in [5.41, 5.74) is 0. The average molecular weight is 237 g/mol. The number of carboxylic acids is 1. The summed E-state index contributed by atoms with van der Waals surface area (Å²) in [6.45, 7) is 2.26. The van der Waals surface area contributed by atoms with E-state index in [-0.39, 0.29) is 11.8 Å². The number of amides is 1. The molecule has 0 aromatic rings. The van der Waals surface area contributed by atoms with Crippen molar-refractivity contribution in [1.29, 1.82) is 0 Å². The van der Waals surface area contributed by atoms with Crippen molar-refractivity contribution in [3.63, 3.8) is 0 Å². The molecule has 1 aliphatic carbocycles. The Kier molecular flexibility index (Phi) is 5.55. The maximum Gasteiger partial charge on any atom is 0.307 e. The lowest BCUT2D eigenvalue weighted by atomic mass is 9.79. The first-order chi connectivity index (χ1) is 8.16. The van der Waals surface area contributed by atoms with Crippen LogP contribution >= 0.6 is 0 Å². The monoisotopic (exact) mass is 237 g/mol. The molecule has 4 nitrogen and oxygen atoms in total. The third-order valence-corrected chi connectivity index (χ3v) is 3.15. The third-order valence-electron chi connectivity index (χ3n) is 3.15. The van der Waals surface area contributed by atoms with Crippen molar-refractivity contribution in [2.75, 3.05) is 6.54 Å². The first-order valence-corrected chi connectivity index (χ1v) is 6.07. The third kappa shape index (κ3) is 4.10. The molecule has 1 saturated carbocycles. The summed E-state index contributed by atoms with van der Waals surface area (Å²) in [6, 6.07) is 0. The minimum atomic E-state index is -0.849. The predicted octanol–water partition coefficient (Wildman–Crippen LogP) is 1.41. The van der Waals surface area contributed by atoms with Crippen LogP contribution in [0.15, 0.2) is 0 Å². The van der Waals surface area contributed by atoms with Gasteiger partial charge in [0.25, 0.3) is 0 Å². The minimum Gasteiger partial charge on any atom is -0.481 e. The van der Waals surface area contributed by atoms with E-state index in [2.05, 4.69) is 17.2 Å². The minimum absolute atomic E-state index is 0.130. The summed E-state index contributed by atoms with van der Waals surface area (Å²) in [5.74, 6) is 3.76. The molecule has 0 saturated heterocycles. The topological polar surface area (TPSA) is 66.4 Å². The van der Waals surface area contributed by atoms with Crippen molar-refractivity contribution in [1.82, 2.24) is 5.32 Å². The van der Waals surface area contributed by atoms with Gasteiger partial charge in [-0.05, 0) is 19.8 Å². The van der Waals surface area contributed by atoms with Crippen LogP contribution in [0.2, 0.25) is 0 Å². The lowest BCUT2D eigenvalue weighted by molar-refractivity contribution is -0.148. The first-order valence-electron chi connectivity index (χ1n) is 6.07. The number of carboxylic acid groups (broad SMARTS) is 1. The van der Waals surface area contributed by atoms with E-state index in [1.54, 1.807) is 6.92 Å². The number of nitrogens with one attached hydrogen (secondary N) is 1. The Morgan fingerprint density at radius 3 is 2.53 bits per heavy atom. The van der Waals surface area contributed by atoms with Gasteiger partial charge in [-0.15, -0.1) is 11.8 Å². The second-order valence-electron chi connectivity index (χ2n) is 4.30. The fourth-order valence-corrected chi connectivity index (χ4v) is 2.24. The molecular formula is C13H19NO3. The van der Waals surface area contributed by atoms with Crippen LogP contribution < -0.4 is 5.32 Å². The van der Waals surface area contributed by atoms with Gasteiger partial charge in [-0.1, -0.05) is 12.8 Å². The SMILES string of the molecule is CC#CCCNC(=O)[C@@H]1CCCC[C@@H]1C(=O)O. The molecule has 94 valence electrons. The summed E-state index contributed by atoms with van der Waals surface area (Å²) in [4.78, 5) is 22.9. The molecule has 2 atom stereocenters. The van der Waals surface area contributed by atoms with E-state index in [4.69, 9.17) is 5.11 Å². The fraction of sp³-hybridized carbons (Fsp3) is 0.692. The number of rotatable bonds is 4. The largest absolute Gasteiger partial charge is 0.481 e. The zero-order valence-electron chi connectivity index (χ0n) is 10.2. The van der Waals surface area contributed by atoms with Crippen LogP contribution in [0.4, 0.5) is 0 Å². The van der Waals surface area contributed by atoms with Crippen LogP contribution in [-0.2, 0) is 9.59 Å². The predicted molar refractivity (Wildman–Crippen MR) is 64.2 cm³/mol. The number of hydrogen-bond donors (Lipinski definition) is 2. The molecular weight excluding hydrogens is 218 g/mol. The van der Waals surface area contributed by atoms with Gasteiger partial charge in [0.05, 0.1) is 11.8 Å². The summed E-state index contributed by atoms with van der Waals surface area (Å²) in [6.07, 6.45) is 3.76. The molecule has 0 aromatic carbocycles. The molecule has 0 heterocycles. The van der Waals surface area contributed by atoms with Crippen molar-refractivity contribution < 1.29 is 14.7 Å². The summed E-state index contributed by atoms with van der Waals surface area (Å²) >= 11 is 0. The maximum atomic E-state index is 11.9. The highest BCUT2D eigenvalue weighted by atomic mass is 16.4. The van der Waals surface area contributed by atoms with Gasteiger partial charge in [0.1, 0.15) is 0 Å². The summed E-state index contributed by atoms with van der Waals surface area (Å²) in [7, 11) is 0. The second-order valence-corrected chi connectivity index (χ2v) is 4.30. The molecule has 0 unspecified atom stereocenters. The van der Waals surface area contributed by atoms with Crippen LogP contribution in [-0.4, -0.2) is 23.5 Å².